The molecule has 0 unspecified atom stereocenters. The average Bonchev–Trinajstić information content (AvgIpc) is 3.05. The van der Waals surface area contributed by atoms with Crippen molar-refractivity contribution in [2.24, 2.45) is 0 Å². The number of nitrogens with one attached hydrogen (secondary N) is 1. The fourth-order valence-electron chi connectivity index (χ4n) is 2.19. The Bertz CT molecular complexity index is 777. The Kier molecular flexibility index (Phi) is 3.70. The van der Waals surface area contributed by atoms with Gasteiger partial charge in [-0.1, -0.05) is 30.3 Å². The molecular weight excluding hydrogens is 286 g/mol. The van der Waals surface area contributed by atoms with Gasteiger partial charge in [-0.2, -0.15) is 0 Å². The predicted molar refractivity (Wildman–Crippen MR) is 82.7 cm³/mol. The van der Waals surface area contributed by atoms with Crippen molar-refractivity contribution < 1.29 is 9.53 Å². The summed E-state index contributed by atoms with van der Waals surface area (Å²) in [7, 11) is 0. The number of hydrogen-bond donors (Lipinski definition) is 1. The maximum Gasteiger partial charge on any atom is 0.344 e. The second kappa shape index (κ2) is 5.65. The molecule has 0 bridgehead atoms. The molecule has 6 heteroatoms. The number of carbonyl (C=O) groups excluding carboxylic acids is 1. The Morgan fingerprint density at radius 2 is 2.14 bits per heavy atom. The van der Waals surface area contributed by atoms with E-state index in [1.54, 1.807) is 11.4 Å². The number of rotatable bonds is 4. The van der Waals surface area contributed by atoms with Gasteiger partial charge in [0.05, 0.1) is 18.5 Å². The van der Waals surface area contributed by atoms with E-state index in [1.165, 1.54) is 11.8 Å². The van der Waals surface area contributed by atoms with E-state index in [0.717, 1.165) is 16.3 Å². The minimum Gasteiger partial charge on any atom is -0.462 e. The fraction of sp³-hybridized carbons (Fsp3) is 0.200. The summed E-state index contributed by atoms with van der Waals surface area (Å²) in [6.07, 6.45) is 3.79. The van der Waals surface area contributed by atoms with Crippen molar-refractivity contribution in [3.63, 3.8) is 0 Å². The molecule has 0 aliphatic rings. The molecule has 1 aromatic carbocycles. The molecule has 0 atom stereocenters. The van der Waals surface area contributed by atoms with E-state index in [4.69, 9.17) is 4.74 Å². The van der Waals surface area contributed by atoms with Gasteiger partial charge in [-0.05, 0) is 13.2 Å². The molecule has 21 heavy (non-hydrogen) atoms. The van der Waals surface area contributed by atoms with Gasteiger partial charge in [0.15, 0.2) is 5.65 Å². The van der Waals surface area contributed by atoms with Gasteiger partial charge in [0.25, 0.3) is 0 Å². The quantitative estimate of drug-likeness (QED) is 0.594. The molecule has 0 fully saturated rings. The third-order valence-corrected chi connectivity index (χ3v) is 3.84. The minimum atomic E-state index is -0.349. The summed E-state index contributed by atoms with van der Waals surface area (Å²) in [5, 5.41) is 3.92. The first-order valence-electron chi connectivity index (χ1n) is 6.62. The second-order valence-corrected chi connectivity index (χ2v) is 5.24. The van der Waals surface area contributed by atoms with Crippen LogP contribution in [0.3, 0.4) is 0 Å². The maximum atomic E-state index is 12.1. The van der Waals surface area contributed by atoms with Crippen LogP contribution in [0.25, 0.3) is 16.9 Å². The molecule has 2 aromatic heterocycles. The Morgan fingerprint density at radius 3 is 2.81 bits per heavy atom. The molecule has 0 amide bonds. The van der Waals surface area contributed by atoms with Crippen LogP contribution in [-0.2, 0) is 4.74 Å². The van der Waals surface area contributed by atoms with Crippen molar-refractivity contribution in [1.82, 2.24) is 14.6 Å². The number of ether oxygens (including phenoxy) is 1. The van der Waals surface area contributed by atoms with E-state index < -0.39 is 0 Å². The highest BCUT2D eigenvalue weighted by Crippen LogP contribution is 2.27. The van der Waals surface area contributed by atoms with Crippen molar-refractivity contribution in [3.05, 3.63) is 42.1 Å². The van der Waals surface area contributed by atoms with E-state index in [1.807, 2.05) is 42.8 Å². The molecule has 108 valence electrons. The zero-order valence-corrected chi connectivity index (χ0v) is 12.6. The lowest BCUT2D eigenvalue weighted by atomic mass is 10.2. The standard InChI is InChI=1S/C15H15N3O2S/c1-3-20-15(19)12-13-16-11(10-7-5-4-6-8-10)9-18(13)17-14(12)21-2/h4-9,17H,3H2,1-2H3. The summed E-state index contributed by atoms with van der Waals surface area (Å²) in [4.78, 5) is 16.7. The summed E-state index contributed by atoms with van der Waals surface area (Å²) in [5.41, 5.74) is 2.92. The number of H-pyrrole nitrogens is 1. The average molecular weight is 301 g/mol. The first kappa shape index (κ1) is 13.8. The van der Waals surface area contributed by atoms with Crippen molar-refractivity contribution in [2.75, 3.05) is 12.9 Å². The van der Waals surface area contributed by atoms with Crippen LogP contribution in [0.4, 0.5) is 0 Å². The van der Waals surface area contributed by atoms with Crippen LogP contribution in [0, 0.1) is 0 Å². The van der Waals surface area contributed by atoms with Crippen molar-refractivity contribution in [2.45, 2.75) is 11.9 Å². The van der Waals surface area contributed by atoms with Crippen molar-refractivity contribution in [3.8, 4) is 11.3 Å². The number of esters is 1. The normalized spacial score (nSPS) is 11.0. The largest absolute Gasteiger partial charge is 0.462 e. The maximum absolute atomic E-state index is 12.1. The molecule has 0 saturated heterocycles. The molecule has 0 radical (unpaired) electrons. The predicted octanol–water partition coefficient (Wildman–Crippen LogP) is 3.23. The monoisotopic (exact) mass is 301 g/mol. The molecule has 3 aromatic rings. The molecule has 2 heterocycles. The van der Waals surface area contributed by atoms with Gasteiger partial charge in [-0.15, -0.1) is 11.8 Å². The first-order valence-corrected chi connectivity index (χ1v) is 7.84. The topological polar surface area (TPSA) is 59.4 Å². The van der Waals surface area contributed by atoms with Gasteiger partial charge < -0.3 is 4.74 Å². The highest BCUT2D eigenvalue weighted by atomic mass is 32.2. The van der Waals surface area contributed by atoms with Crippen molar-refractivity contribution in [1.29, 1.82) is 0 Å². The van der Waals surface area contributed by atoms with Gasteiger partial charge in [0.2, 0.25) is 0 Å². The molecule has 0 saturated carbocycles. The van der Waals surface area contributed by atoms with Crippen LogP contribution in [-0.4, -0.2) is 33.4 Å². The number of benzene rings is 1. The summed E-state index contributed by atoms with van der Waals surface area (Å²) in [6.45, 7) is 2.14. The van der Waals surface area contributed by atoms with E-state index in [-0.39, 0.29) is 5.97 Å². The van der Waals surface area contributed by atoms with Gasteiger partial charge >= 0.3 is 5.97 Å². The third kappa shape index (κ3) is 2.42. The number of nitrogens with zero attached hydrogens (tertiary/aromatic N) is 2. The lowest BCUT2D eigenvalue weighted by Crippen LogP contribution is -2.05. The van der Waals surface area contributed by atoms with E-state index in [2.05, 4.69) is 10.1 Å². The van der Waals surface area contributed by atoms with E-state index >= 15 is 0 Å². The summed E-state index contributed by atoms with van der Waals surface area (Å²) in [5.74, 6) is -0.349. The van der Waals surface area contributed by atoms with E-state index in [9.17, 15) is 4.79 Å². The molecule has 0 aliphatic carbocycles. The molecule has 1 N–H and O–H groups in total. The zero-order chi connectivity index (χ0) is 14.8. The van der Waals surface area contributed by atoms with Crippen LogP contribution in [0.2, 0.25) is 0 Å². The molecule has 0 aliphatic heterocycles. The highest BCUT2D eigenvalue weighted by molar-refractivity contribution is 7.98. The fourth-order valence-corrected chi connectivity index (χ4v) is 2.76. The first-order chi connectivity index (χ1) is 10.2. The second-order valence-electron chi connectivity index (χ2n) is 4.43. The van der Waals surface area contributed by atoms with Crippen LogP contribution in [0.5, 0.6) is 0 Å². The number of fused-ring (bicyclic) bond motifs is 1. The van der Waals surface area contributed by atoms with E-state index in [0.29, 0.717) is 17.8 Å². The Hall–Kier alpha value is -2.21. The number of hydrogen-bond acceptors (Lipinski definition) is 4. The number of thioether (sulfide) groups is 1. The number of aromatic amines is 1. The smallest absolute Gasteiger partial charge is 0.344 e. The van der Waals surface area contributed by atoms with Crippen LogP contribution < -0.4 is 0 Å². The van der Waals surface area contributed by atoms with Gasteiger partial charge in [-0.25, -0.2) is 14.3 Å². The number of imidazole rings is 1. The van der Waals surface area contributed by atoms with Crippen LogP contribution >= 0.6 is 11.8 Å². The Labute approximate surface area is 126 Å². The SMILES string of the molecule is CCOC(=O)c1c(SC)[nH]n2cc(-c3ccccc3)nc12. The van der Waals surface area contributed by atoms with Crippen LogP contribution in [0.1, 0.15) is 17.3 Å². The van der Waals surface area contributed by atoms with Crippen molar-refractivity contribution >= 4 is 23.4 Å². The zero-order valence-electron chi connectivity index (χ0n) is 11.8. The van der Waals surface area contributed by atoms with Gasteiger partial charge in [0.1, 0.15) is 10.6 Å². The lowest BCUT2D eigenvalue weighted by Gasteiger charge is -2.00. The van der Waals surface area contributed by atoms with Gasteiger partial charge in [-0.3, -0.25) is 5.10 Å². The Morgan fingerprint density at radius 1 is 1.38 bits per heavy atom. The molecule has 3 rings (SSSR count). The van der Waals surface area contributed by atoms with Crippen LogP contribution in [0.15, 0.2) is 41.6 Å². The molecule has 0 spiro atoms. The summed E-state index contributed by atoms with van der Waals surface area (Å²) in [6, 6.07) is 9.86. The number of carbonyl (C=O) groups is 1. The molecule has 5 nitrogen and oxygen atoms in total. The summed E-state index contributed by atoms with van der Waals surface area (Å²) < 4.78 is 6.89. The Balaban J connectivity index is 2.12. The summed E-state index contributed by atoms with van der Waals surface area (Å²) >= 11 is 1.46. The number of aromatic nitrogens is 3. The van der Waals surface area contributed by atoms with Gasteiger partial charge in [0, 0.05) is 5.56 Å². The third-order valence-electron chi connectivity index (χ3n) is 3.13. The minimum absolute atomic E-state index is 0.343. The molecular formula is C15H15N3O2S. The highest BCUT2D eigenvalue weighted by Gasteiger charge is 2.22. The lowest BCUT2D eigenvalue weighted by molar-refractivity contribution is 0.0524.